The molecule has 22 heavy (non-hydrogen) atoms. The molecule has 6 heteroatoms. The zero-order chi connectivity index (χ0) is 15.7. The van der Waals surface area contributed by atoms with Crippen molar-refractivity contribution in [1.29, 1.82) is 0 Å². The van der Waals surface area contributed by atoms with Crippen molar-refractivity contribution in [2.45, 2.75) is 25.8 Å². The molecule has 1 aromatic carbocycles. The number of hydrogen-bond donors (Lipinski definition) is 0. The van der Waals surface area contributed by atoms with Gasteiger partial charge in [0, 0.05) is 40.9 Å². The fourth-order valence-electron chi connectivity index (χ4n) is 2.65. The third kappa shape index (κ3) is 2.75. The monoisotopic (exact) mass is 319 g/mol. The van der Waals surface area contributed by atoms with Gasteiger partial charge < -0.3 is 0 Å². The largest absolute Gasteiger partial charge is 0.272 e. The lowest BCUT2D eigenvalue weighted by Gasteiger charge is -2.31. The highest BCUT2D eigenvalue weighted by atomic mass is 32.2. The van der Waals surface area contributed by atoms with E-state index in [0.717, 1.165) is 16.9 Å². The summed E-state index contributed by atoms with van der Waals surface area (Å²) in [5.74, 6) is -0.318. The number of thioether (sulfide) groups is 1. The Morgan fingerprint density at radius 2 is 1.86 bits per heavy atom. The Morgan fingerprint density at radius 1 is 1.14 bits per heavy atom. The van der Waals surface area contributed by atoms with Crippen LogP contribution < -0.4 is 0 Å². The van der Waals surface area contributed by atoms with Gasteiger partial charge in [0.15, 0.2) is 0 Å². The topological polar surface area (TPSA) is 38.1 Å². The first-order chi connectivity index (χ1) is 10.5. The average molecular weight is 319 g/mol. The van der Waals surface area contributed by atoms with Crippen molar-refractivity contribution in [3.05, 3.63) is 48.1 Å². The molecular weight excluding hydrogens is 304 g/mol. The Labute approximate surface area is 131 Å². The lowest BCUT2D eigenvalue weighted by molar-refractivity contribution is 0.447. The molecule has 114 valence electrons. The van der Waals surface area contributed by atoms with Gasteiger partial charge in [-0.15, -0.1) is 11.8 Å². The lowest BCUT2D eigenvalue weighted by atomic mass is 9.87. The first kappa shape index (κ1) is 15.1. The predicted octanol–water partition coefficient (Wildman–Crippen LogP) is 4.19. The van der Waals surface area contributed by atoms with Gasteiger partial charge >= 0.3 is 0 Å². The van der Waals surface area contributed by atoms with E-state index in [2.05, 4.69) is 15.0 Å². The molecule has 3 rings (SSSR count). The minimum absolute atomic E-state index is 0.296. The summed E-state index contributed by atoms with van der Waals surface area (Å²) in [5, 5.41) is 0.919. The fraction of sp³-hybridized carbons (Fsp3) is 0.312. The second kappa shape index (κ2) is 5.76. The average Bonchev–Trinajstić information content (AvgIpc) is 2.47. The number of aromatic nitrogens is 2. The van der Waals surface area contributed by atoms with Crippen molar-refractivity contribution >= 4 is 16.8 Å². The molecule has 0 bridgehead atoms. The Bertz CT molecular complexity index is 734. The summed E-state index contributed by atoms with van der Waals surface area (Å²) < 4.78 is 28.5. The van der Waals surface area contributed by atoms with Crippen molar-refractivity contribution in [3.63, 3.8) is 0 Å². The van der Waals surface area contributed by atoms with E-state index in [1.165, 1.54) is 24.8 Å². The standard InChI is InChI=1S/C16H15F2N3S/c1-10-21-16(2,3-4-22-10)13-5-12(14(17)6-15(13)18)11-7-19-9-20-8-11/h5-9H,3-4H2,1-2H3/t16-/m0/s1. The van der Waals surface area contributed by atoms with Gasteiger partial charge in [0.2, 0.25) is 0 Å². The molecule has 0 aliphatic carbocycles. The van der Waals surface area contributed by atoms with E-state index < -0.39 is 17.2 Å². The van der Waals surface area contributed by atoms with Crippen LogP contribution in [0.3, 0.4) is 0 Å². The fourth-order valence-corrected chi connectivity index (χ4v) is 3.71. The molecule has 2 aromatic rings. The van der Waals surface area contributed by atoms with Crippen molar-refractivity contribution in [3.8, 4) is 11.1 Å². The maximum absolute atomic E-state index is 14.4. The van der Waals surface area contributed by atoms with Crippen LogP contribution in [-0.4, -0.2) is 20.8 Å². The van der Waals surface area contributed by atoms with E-state index in [4.69, 9.17) is 0 Å². The number of halogens is 2. The van der Waals surface area contributed by atoms with E-state index in [-0.39, 0.29) is 0 Å². The molecule has 0 unspecified atom stereocenters. The predicted molar refractivity (Wildman–Crippen MR) is 84.9 cm³/mol. The van der Waals surface area contributed by atoms with E-state index in [0.29, 0.717) is 23.1 Å². The highest BCUT2D eigenvalue weighted by molar-refractivity contribution is 8.13. The molecule has 0 N–H and O–H groups in total. The summed E-state index contributed by atoms with van der Waals surface area (Å²) in [6.07, 6.45) is 5.11. The summed E-state index contributed by atoms with van der Waals surface area (Å²) in [4.78, 5) is 12.4. The Balaban J connectivity index is 2.15. The summed E-state index contributed by atoms with van der Waals surface area (Å²) in [6, 6.07) is 2.46. The molecule has 1 atom stereocenters. The number of aliphatic imine (C=N–C) groups is 1. The molecule has 1 aliphatic rings. The van der Waals surface area contributed by atoms with Gasteiger partial charge in [0.05, 0.1) is 10.6 Å². The summed E-state index contributed by atoms with van der Waals surface area (Å²) in [6.45, 7) is 3.80. The van der Waals surface area contributed by atoms with E-state index in [1.54, 1.807) is 11.8 Å². The van der Waals surface area contributed by atoms with Crippen LogP contribution >= 0.6 is 11.8 Å². The van der Waals surface area contributed by atoms with Crippen LogP contribution in [0.15, 0.2) is 35.8 Å². The molecule has 0 saturated carbocycles. The van der Waals surface area contributed by atoms with Crippen molar-refractivity contribution in [2.75, 3.05) is 5.75 Å². The lowest BCUT2D eigenvalue weighted by Crippen LogP contribution is -2.26. The SMILES string of the molecule is CC1=N[C@](C)(c2cc(-c3cncnc3)c(F)cc2F)CCS1. The maximum atomic E-state index is 14.4. The molecule has 0 amide bonds. The van der Waals surface area contributed by atoms with Gasteiger partial charge in [-0.3, -0.25) is 4.99 Å². The maximum Gasteiger partial charge on any atom is 0.134 e. The molecule has 0 spiro atoms. The van der Waals surface area contributed by atoms with Crippen LogP contribution in [0.25, 0.3) is 11.1 Å². The Hall–Kier alpha value is -1.82. The van der Waals surface area contributed by atoms with E-state index in [1.807, 2.05) is 13.8 Å². The Kier molecular flexibility index (Phi) is 3.95. The molecule has 0 saturated heterocycles. The first-order valence-corrected chi connectivity index (χ1v) is 7.92. The van der Waals surface area contributed by atoms with Crippen LogP contribution in [0.2, 0.25) is 0 Å². The quantitative estimate of drug-likeness (QED) is 0.833. The number of nitrogens with zero attached hydrogens (tertiary/aromatic N) is 3. The molecule has 0 fully saturated rings. The number of benzene rings is 1. The first-order valence-electron chi connectivity index (χ1n) is 6.94. The molecule has 0 radical (unpaired) electrons. The van der Waals surface area contributed by atoms with E-state index >= 15 is 0 Å². The highest BCUT2D eigenvalue weighted by Gasteiger charge is 2.32. The number of hydrogen-bond acceptors (Lipinski definition) is 4. The summed E-state index contributed by atoms with van der Waals surface area (Å²) >= 11 is 1.66. The van der Waals surface area contributed by atoms with Gasteiger partial charge in [-0.1, -0.05) is 0 Å². The van der Waals surface area contributed by atoms with Gasteiger partial charge in [-0.2, -0.15) is 0 Å². The van der Waals surface area contributed by atoms with Crippen molar-refractivity contribution in [2.24, 2.45) is 4.99 Å². The second-order valence-corrected chi connectivity index (χ2v) is 6.73. The van der Waals surface area contributed by atoms with Gasteiger partial charge in [0.25, 0.3) is 0 Å². The molecule has 2 heterocycles. The van der Waals surface area contributed by atoms with E-state index in [9.17, 15) is 8.78 Å². The minimum atomic E-state index is -0.669. The third-order valence-electron chi connectivity index (χ3n) is 3.81. The van der Waals surface area contributed by atoms with Crippen LogP contribution in [-0.2, 0) is 5.54 Å². The smallest absolute Gasteiger partial charge is 0.134 e. The molecule has 1 aromatic heterocycles. The van der Waals surface area contributed by atoms with Crippen LogP contribution in [0, 0.1) is 11.6 Å². The third-order valence-corrected chi connectivity index (χ3v) is 4.73. The minimum Gasteiger partial charge on any atom is -0.272 e. The highest BCUT2D eigenvalue weighted by Crippen LogP contribution is 2.39. The zero-order valence-corrected chi connectivity index (χ0v) is 13.1. The van der Waals surface area contributed by atoms with Crippen molar-refractivity contribution < 1.29 is 8.78 Å². The van der Waals surface area contributed by atoms with Crippen LogP contribution in [0.5, 0.6) is 0 Å². The van der Waals surface area contributed by atoms with Crippen LogP contribution in [0.4, 0.5) is 8.78 Å². The van der Waals surface area contributed by atoms with Gasteiger partial charge in [-0.05, 0) is 26.3 Å². The molecule has 3 nitrogen and oxygen atoms in total. The summed E-state index contributed by atoms with van der Waals surface area (Å²) in [7, 11) is 0. The number of rotatable bonds is 2. The van der Waals surface area contributed by atoms with Crippen LogP contribution in [0.1, 0.15) is 25.8 Å². The van der Waals surface area contributed by atoms with Gasteiger partial charge in [0.1, 0.15) is 18.0 Å². The molecule has 1 aliphatic heterocycles. The van der Waals surface area contributed by atoms with Gasteiger partial charge in [-0.25, -0.2) is 18.7 Å². The summed E-state index contributed by atoms with van der Waals surface area (Å²) in [5.41, 5.74) is 0.560. The zero-order valence-electron chi connectivity index (χ0n) is 12.3. The normalized spacial score (nSPS) is 21.5. The second-order valence-electron chi connectivity index (χ2n) is 5.44. The van der Waals surface area contributed by atoms with Crippen molar-refractivity contribution in [1.82, 2.24) is 9.97 Å². The molecular formula is C16H15F2N3S. The Morgan fingerprint density at radius 3 is 2.55 bits per heavy atom.